The molecule has 1 aromatic heterocycles. The van der Waals surface area contributed by atoms with Crippen LogP contribution in [-0.4, -0.2) is 29.6 Å². The van der Waals surface area contributed by atoms with Crippen molar-refractivity contribution in [2.45, 2.75) is 47.0 Å². The Hall–Kier alpha value is -1.62. The van der Waals surface area contributed by atoms with Crippen molar-refractivity contribution in [1.82, 2.24) is 9.97 Å². The van der Waals surface area contributed by atoms with Crippen LogP contribution in [0.1, 0.15) is 54.4 Å². The number of rotatable bonds is 4. The maximum absolute atomic E-state index is 4.88. The highest BCUT2D eigenvalue weighted by Gasteiger charge is 2.29. The van der Waals surface area contributed by atoms with Crippen molar-refractivity contribution in [2.75, 3.05) is 29.9 Å². The summed E-state index contributed by atoms with van der Waals surface area (Å²) in [5.41, 5.74) is 6.33. The van der Waals surface area contributed by atoms with E-state index in [4.69, 9.17) is 9.97 Å². The van der Waals surface area contributed by atoms with Crippen molar-refractivity contribution < 1.29 is 0 Å². The lowest BCUT2D eigenvalue weighted by Gasteiger charge is -2.32. The summed E-state index contributed by atoms with van der Waals surface area (Å²) >= 11 is 3.62. The molecule has 1 aliphatic rings. The Morgan fingerprint density at radius 1 is 1.12 bits per heavy atom. The van der Waals surface area contributed by atoms with E-state index in [0.717, 1.165) is 53.6 Å². The average molecular weight is 403 g/mol. The van der Waals surface area contributed by atoms with Crippen LogP contribution in [-0.2, 0) is 0 Å². The topological polar surface area (TPSA) is 41.1 Å². The number of nitrogens with zero attached hydrogens (tertiary/aromatic N) is 3. The van der Waals surface area contributed by atoms with Gasteiger partial charge in [-0.3, -0.25) is 0 Å². The Bertz CT molecular complexity index is 761. The summed E-state index contributed by atoms with van der Waals surface area (Å²) < 4.78 is 1.14. The third kappa shape index (κ3) is 3.39. The first-order chi connectivity index (χ1) is 12.0. The molecule has 0 aliphatic carbocycles. The average Bonchev–Trinajstić information content (AvgIpc) is 2.55. The van der Waals surface area contributed by atoms with Gasteiger partial charge >= 0.3 is 0 Å². The quantitative estimate of drug-likeness (QED) is 0.784. The Morgan fingerprint density at radius 3 is 2.36 bits per heavy atom. The SMILES string of the molecule is CCN(CC)c1nc(C)nc2c1NCCC2c1c(C)cc(Br)cc1C. The molecule has 2 heterocycles. The monoisotopic (exact) mass is 402 g/mol. The lowest BCUT2D eigenvalue weighted by atomic mass is 9.83. The van der Waals surface area contributed by atoms with Crippen molar-refractivity contribution in [3.05, 3.63) is 44.8 Å². The van der Waals surface area contributed by atoms with Crippen molar-refractivity contribution in [3.8, 4) is 0 Å². The van der Waals surface area contributed by atoms with Gasteiger partial charge in [0, 0.05) is 30.0 Å². The van der Waals surface area contributed by atoms with E-state index < -0.39 is 0 Å². The van der Waals surface area contributed by atoms with Crippen LogP contribution in [0.3, 0.4) is 0 Å². The zero-order chi connectivity index (χ0) is 18.1. The van der Waals surface area contributed by atoms with Gasteiger partial charge in [0.15, 0.2) is 5.82 Å². The maximum Gasteiger partial charge on any atom is 0.156 e. The van der Waals surface area contributed by atoms with Crippen LogP contribution in [0.5, 0.6) is 0 Å². The van der Waals surface area contributed by atoms with E-state index in [1.807, 2.05) is 6.92 Å². The van der Waals surface area contributed by atoms with Gasteiger partial charge in [0.05, 0.1) is 11.4 Å². The van der Waals surface area contributed by atoms with Gasteiger partial charge in [-0.2, -0.15) is 0 Å². The molecule has 0 saturated heterocycles. The molecule has 0 spiro atoms. The molecule has 0 amide bonds. The number of aryl methyl sites for hydroxylation is 3. The summed E-state index contributed by atoms with van der Waals surface area (Å²) in [5.74, 6) is 2.21. The Kier molecular flexibility index (Phi) is 5.32. The number of fused-ring (bicyclic) bond motifs is 1. The van der Waals surface area contributed by atoms with Gasteiger partial charge in [-0.05, 0) is 69.9 Å². The molecule has 2 aromatic rings. The minimum Gasteiger partial charge on any atom is -0.381 e. The highest BCUT2D eigenvalue weighted by atomic mass is 79.9. The number of hydrogen-bond donors (Lipinski definition) is 1. The largest absolute Gasteiger partial charge is 0.381 e. The fraction of sp³-hybridized carbons (Fsp3) is 0.500. The fourth-order valence-corrected chi connectivity index (χ4v) is 4.67. The molecule has 1 aromatic carbocycles. The van der Waals surface area contributed by atoms with E-state index in [9.17, 15) is 0 Å². The van der Waals surface area contributed by atoms with E-state index >= 15 is 0 Å². The highest BCUT2D eigenvalue weighted by molar-refractivity contribution is 9.10. The molecule has 3 rings (SSSR count). The Balaban J connectivity index is 2.18. The van der Waals surface area contributed by atoms with E-state index in [2.05, 4.69) is 66.0 Å². The van der Waals surface area contributed by atoms with Gasteiger partial charge in [-0.25, -0.2) is 9.97 Å². The molecule has 1 atom stereocenters. The normalized spacial score (nSPS) is 16.3. The van der Waals surface area contributed by atoms with Crippen LogP contribution in [0.25, 0.3) is 0 Å². The van der Waals surface area contributed by atoms with Crippen molar-refractivity contribution in [2.24, 2.45) is 0 Å². The first-order valence-corrected chi connectivity index (χ1v) is 9.89. The number of halogens is 1. The van der Waals surface area contributed by atoms with Crippen LogP contribution < -0.4 is 10.2 Å². The lowest BCUT2D eigenvalue weighted by Crippen LogP contribution is -2.29. The molecule has 5 heteroatoms. The molecule has 1 unspecified atom stereocenters. The third-order valence-electron chi connectivity index (χ3n) is 5.06. The summed E-state index contributed by atoms with van der Waals surface area (Å²) in [6, 6.07) is 4.42. The zero-order valence-corrected chi connectivity index (χ0v) is 17.4. The van der Waals surface area contributed by atoms with Gasteiger partial charge in [0.1, 0.15) is 5.82 Å². The van der Waals surface area contributed by atoms with Crippen LogP contribution >= 0.6 is 15.9 Å². The van der Waals surface area contributed by atoms with Crippen LogP contribution in [0.15, 0.2) is 16.6 Å². The fourth-order valence-electron chi connectivity index (χ4n) is 3.98. The second-order valence-electron chi connectivity index (χ2n) is 6.75. The predicted molar refractivity (Wildman–Crippen MR) is 109 cm³/mol. The molecular formula is C20H27BrN4. The molecule has 4 nitrogen and oxygen atoms in total. The molecule has 0 saturated carbocycles. The van der Waals surface area contributed by atoms with E-state index in [0.29, 0.717) is 5.92 Å². The Labute approximate surface area is 159 Å². The minimum atomic E-state index is 0.320. The summed E-state index contributed by atoms with van der Waals surface area (Å²) in [6.07, 6.45) is 1.06. The molecule has 25 heavy (non-hydrogen) atoms. The molecular weight excluding hydrogens is 376 g/mol. The number of aromatic nitrogens is 2. The molecule has 1 aliphatic heterocycles. The maximum atomic E-state index is 4.88. The molecule has 0 bridgehead atoms. The second-order valence-corrected chi connectivity index (χ2v) is 7.66. The van der Waals surface area contributed by atoms with Crippen molar-refractivity contribution in [1.29, 1.82) is 0 Å². The molecule has 0 radical (unpaired) electrons. The first kappa shape index (κ1) is 18.2. The van der Waals surface area contributed by atoms with Gasteiger partial charge in [0.2, 0.25) is 0 Å². The Morgan fingerprint density at radius 2 is 1.76 bits per heavy atom. The van der Waals surface area contributed by atoms with Crippen molar-refractivity contribution >= 4 is 27.4 Å². The standard InChI is InChI=1S/C20H27BrN4/c1-6-25(7-2)20-19-18(23-14(5)24-20)16(8-9-22-19)17-12(3)10-15(21)11-13(17)4/h10-11,16,22H,6-9H2,1-5H3. The number of anilines is 2. The molecule has 134 valence electrons. The van der Waals surface area contributed by atoms with E-state index in [1.54, 1.807) is 0 Å². The summed E-state index contributed by atoms with van der Waals surface area (Å²) in [7, 11) is 0. The summed E-state index contributed by atoms with van der Waals surface area (Å²) in [4.78, 5) is 11.9. The van der Waals surface area contributed by atoms with Crippen molar-refractivity contribution in [3.63, 3.8) is 0 Å². The van der Waals surface area contributed by atoms with Gasteiger partial charge in [-0.1, -0.05) is 15.9 Å². The molecule has 0 fully saturated rings. The van der Waals surface area contributed by atoms with Crippen LogP contribution in [0.4, 0.5) is 11.5 Å². The highest BCUT2D eigenvalue weighted by Crippen LogP contribution is 2.42. The second kappa shape index (κ2) is 7.32. The summed E-state index contributed by atoms with van der Waals surface area (Å²) in [5, 5.41) is 3.58. The minimum absolute atomic E-state index is 0.320. The third-order valence-corrected chi connectivity index (χ3v) is 5.52. The van der Waals surface area contributed by atoms with E-state index in [-0.39, 0.29) is 0 Å². The number of benzene rings is 1. The van der Waals surface area contributed by atoms with Gasteiger partial charge in [0.25, 0.3) is 0 Å². The number of nitrogens with one attached hydrogen (secondary N) is 1. The molecule has 1 N–H and O–H groups in total. The smallest absolute Gasteiger partial charge is 0.156 e. The predicted octanol–water partition coefficient (Wildman–Crippen LogP) is 4.96. The van der Waals surface area contributed by atoms with Crippen LogP contribution in [0.2, 0.25) is 0 Å². The van der Waals surface area contributed by atoms with Gasteiger partial charge < -0.3 is 10.2 Å². The zero-order valence-electron chi connectivity index (χ0n) is 15.8. The van der Waals surface area contributed by atoms with E-state index in [1.165, 1.54) is 16.7 Å². The first-order valence-electron chi connectivity index (χ1n) is 9.10. The number of hydrogen-bond acceptors (Lipinski definition) is 4. The lowest BCUT2D eigenvalue weighted by molar-refractivity contribution is 0.676. The van der Waals surface area contributed by atoms with Gasteiger partial charge in [-0.15, -0.1) is 0 Å². The summed E-state index contributed by atoms with van der Waals surface area (Å²) in [6.45, 7) is 13.6. The van der Waals surface area contributed by atoms with Crippen LogP contribution in [0, 0.1) is 20.8 Å².